The van der Waals surface area contributed by atoms with Gasteiger partial charge in [-0.2, -0.15) is 0 Å². The second kappa shape index (κ2) is 8.14. The molecule has 0 heterocycles. The van der Waals surface area contributed by atoms with Gasteiger partial charge < -0.3 is 11.1 Å². The van der Waals surface area contributed by atoms with Crippen molar-refractivity contribution in [2.45, 2.75) is 25.3 Å². The number of amides is 1. The van der Waals surface area contributed by atoms with Crippen LogP contribution in [0.15, 0.2) is 54.6 Å². The van der Waals surface area contributed by atoms with E-state index in [1.54, 1.807) is 0 Å². The second-order valence-corrected chi connectivity index (χ2v) is 6.03. The van der Waals surface area contributed by atoms with Crippen LogP contribution in [0.3, 0.4) is 0 Å². The molecule has 1 unspecified atom stereocenters. The molecule has 3 N–H and O–H groups in total. The summed E-state index contributed by atoms with van der Waals surface area (Å²) in [6.07, 6.45) is 3.16. The standard InChI is InChI=1S/C19H22N2O.ClH/c20-18(15-10-11-15)13-21-19(22)17-9-5-4-8-16(17)12-14-6-2-1-3-7-14;/h1-9,15,18H,10-13,20H2,(H,21,22);1H. The number of hydrogen-bond donors (Lipinski definition) is 2. The van der Waals surface area contributed by atoms with E-state index in [0.29, 0.717) is 12.5 Å². The van der Waals surface area contributed by atoms with E-state index in [4.69, 9.17) is 5.73 Å². The number of carbonyl (C=O) groups is 1. The molecule has 1 aliphatic rings. The lowest BCUT2D eigenvalue weighted by Gasteiger charge is -2.13. The fourth-order valence-corrected chi connectivity index (χ4v) is 2.71. The molecule has 0 spiro atoms. The van der Waals surface area contributed by atoms with Crippen LogP contribution < -0.4 is 11.1 Å². The minimum absolute atomic E-state index is 0. The number of rotatable bonds is 6. The molecule has 0 radical (unpaired) electrons. The van der Waals surface area contributed by atoms with Gasteiger partial charge in [-0.05, 0) is 42.4 Å². The zero-order valence-electron chi connectivity index (χ0n) is 13.1. The van der Waals surface area contributed by atoms with Crippen molar-refractivity contribution in [3.8, 4) is 0 Å². The fourth-order valence-electron chi connectivity index (χ4n) is 2.71. The van der Waals surface area contributed by atoms with E-state index < -0.39 is 0 Å². The van der Waals surface area contributed by atoms with Crippen molar-refractivity contribution >= 4 is 18.3 Å². The summed E-state index contributed by atoms with van der Waals surface area (Å²) in [6, 6.07) is 18.1. The van der Waals surface area contributed by atoms with E-state index in [2.05, 4.69) is 17.4 Å². The number of carbonyl (C=O) groups excluding carboxylic acids is 1. The first-order valence-corrected chi connectivity index (χ1v) is 7.89. The van der Waals surface area contributed by atoms with Gasteiger partial charge in [0.15, 0.2) is 0 Å². The molecule has 0 aromatic heterocycles. The van der Waals surface area contributed by atoms with Gasteiger partial charge in [0, 0.05) is 18.2 Å². The van der Waals surface area contributed by atoms with Gasteiger partial charge in [0.25, 0.3) is 5.91 Å². The van der Waals surface area contributed by atoms with Crippen LogP contribution in [0.25, 0.3) is 0 Å². The Morgan fingerprint density at radius 2 is 1.74 bits per heavy atom. The Bertz CT molecular complexity index is 641. The van der Waals surface area contributed by atoms with Gasteiger partial charge in [-0.1, -0.05) is 48.5 Å². The van der Waals surface area contributed by atoms with Crippen LogP contribution in [0.2, 0.25) is 0 Å². The largest absolute Gasteiger partial charge is 0.350 e. The Kier molecular flexibility index (Phi) is 6.20. The van der Waals surface area contributed by atoms with Crippen molar-refractivity contribution in [2.24, 2.45) is 11.7 Å². The van der Waals surface area contributed by atoms with E-state index >= 15 is 0 Å². The lowest BCUT2D eigenvalue weighted by Crippen LogP contribution is -2.38. The van der Waals surface area contributed by atoms with E-state index in [9.17, 15) is 4.79 Å². The zero-order chi connectivity index (χ0) is 15.4. The maximum Gasteiger partial charge on any atom is 0.251 e. The highest BCUT2D eigenvalue weighted by atomic mass is 35.5. The average molecular weight is 331 g/mol. The Labute approximate surface area is 143 Å². The Balaban J connectivity index is 0.00000192. The lowest BCUT2D eigenvalue weighted by atomic mass is 9.99. The molecule has 0 bridgehead atoms. The molecule has 2 aromatic carbocycles. The third-order valence-corrected chi connectivity index (χ3v) is 4.23. The number of halogens is 1. The maximum atomic E-state index is 12.4. The average Bonchev–Trinajstić information content (AvgIpc) is 3.39. The van der Waals surface area contributed by atoms with Crippen molar-refractivity contribution in [3.63, 3.8) is 0 Å². The molecule has 3 nitrogen and oxygen atoms in total. The summed E-state index contributed by atoms with van der Waals surface area (Å²) >= 11 is 0. The minimum Gasteiger partial charge on any atom is -0.350 e. The summed E-state index contributed by atoms with van der Waals surface area (Å²) in [4.78, 5) is 12.4. The number of hydrogen-bond acceptors (Lipinski definition) is 2. The predicted octanol–water partition coefficient (Wildman–Crippen LogP) is 3.17. The quantitative estimate of drug-likeness (QED) is 0.854. The highest BCUT2D eigenvalue weighted by molar-refractivity contribution is 5.95. The third kappa shape index (κ3) is 4.81. The Morgan fingerprint density at radius 1 is 1.09 bits per heavy atom. The van der Waals surface area contributed by atoms with E-state index in [0.717, 1.165) is 17.5 Å². The van der Waals surface area contributed by atoms with Crippen molar-refractivity contribution in [1.82, 2.24) is 5.32 Å². The van der Waals surface area contributed by atoms with Crippen LogP contribution in [-0.4, -0.2) is 18.5 Å². The molecule has 1 atom stereocenters. The van der Waals surface area contributed by atoms with Crippen molar-refractivity contribution in [3.05, 3.63) is 71.3 Å². The van der Waals surface area contributed by atoms with Gasteiger partial charge in [0.1, 0.15) is 0 Å². The fraction of sp³-hybridized carbons (Fsp3) is 0.316. The smallest absolute Gasteiger partial charge is 0.251 e. The summed E-state index contributed by atoms with van der Waals surface area (Å²) in [5, 5.41) is 2.98. The molecule has 1 saturated carbocycles. The molecule has 1 aliphatic carbocycles. The molecule has 4 heteroatoms. The molecule has 1 fully saturated rings. The molecule has 3 rings (SSSR count). The second-order valence-electron chi connectivity index (χ2n) is 6.03. The molecular formula is C19H23ClN2O. The van der Waals surface area contributed by atoms with Crippen LogP contribution in [0, 0.1) is 5.92 Å². The van der Waals surface area contributed by atoms with Gasteiger partial charge in [0.2, 0.25) is 0 Å². The molecule has 0 aliphatic heterocycles. The number of nitrogens with two attached hydrogens (primary N) is 1. The third-order valence-electron chi connectivity index (χ3n) is 4.23. The highest BCUT2D eigenvalue weighted by Crippen LogP contribution is 2.31. The van der Waals surface area contributed by atoms with Gasteiger partial charge in [-0.15, -0.1) is 12.4 Å². The lowest BCUT2D eigenvalue weighted by molar-refractivity contribution is 0.0949. The molecule has 23 heavy (non-hydrogen) atoms. The normalized spacial score (nSPS) is 14.7. The van der Waals surface area contributed by atoms with E-state index in [1.165, 1.54) is 18.4 Å². The minimum atomic E-state index is -0.0253. The predicted molar refractivity (Wildman–Crippen MR) is 96.0 cm³/mol. The molecule has 2 aromatic rings. The van der Waals surface area contributed by atoms with Gasteiger partial charge in [-0.25, -0.2) is 0 Å². The molecular weight excluding hydrogens is 308 g/mol. The van der Waals surface area contributed by atoms with Crippen molar-refractivity contribution < 1.29 is 4.79 Å². The first kappa shape index (κ1) is 17.5. The summed E-state index contributed by atoms with van der Waals surface area (Å²) in [5.41, 5.74) is 9.05. The monoisotopic (exact) mass is 330 g/mol. The summed E-state index contributed by atoms with van der Waals surface area (Å²) in [6.45, 7) is 0.559. The maximum absolute atomic E-state index is 12.4. The van der Waals surface area contributed by atoms with Crippen LogP contribution >= 0.6 is 12.4 Å². The summed E-state index contributed by atoms with van der Waals surface area (Å²) < 4.78 is 0. The van der Waals surface area contributed by atoms with Crippen molar-refractivity contribution in [2.75, 3.05) is 6.54 Å². The first-order chi connectivity index (χ1) is 10.7. The van der Waals surface area contributed by atoms with Crippen LogP contribution in [-0.2, 0) is 6.42 Å². The van der Waals surface area contributed by atoms with Crippen molar-refractivity contribution in [1.29, 1.82) is 0 Å². The topological polar surface area (TPSA) is 55.1 Å². The summed E-state index contributed by atoms with van der Waals surface area (Å²) in [7, 11) is 0. The Morgan fingerprint density at radius 3 is 2.43 bits per heavy atom. The molecule has 0 saturated heterocycles. The van der Waals surface area contributed by atoms with Gasteiger partial charge in [0.05, 0.1) is 0 Å². The van der Waals surface area contributed by atoms with Gasteiger partial charge in [-0.3, -0.25) is 4.79 Å². The summed E-state index contributed by atoms with van der Waals surface area (Å²) in [5.74, 6) is 0.572. The van der Waals surface area contributed by atoms with E-state index in [-0.39, 0.29) is 24.4 Å². The van der Waals surface area contributed by atoms with E-state index in [1.807, 2.05) is 42.5 Å². The number of benzene rings is 2. The SMILES string of the molecule is Cl.NC(CNC(=O)c1ccccc1Cc1ccccc1)C1CC1. The van der Waals surface area contributed by atoms with Crippen LogP contribution in [0.1, 0.15) is 34.3 Å². The van der Waals surface area contributed by atoms with Crippen LogP contribution in [0.5, 0.6) is 0 Å². The zero-order valence-corrected chi connectivity index (χ0v) is 13.9. The molecule has 122 valence electrons. The molecule has 1 amide bonds. The highest BCUT2D eigenvalue weighted by Gasteiger charge is 2.28. The van der Waals surface area contributed by atoms with Crippen LogP contribution in [0.4, 0.5) is 0 Å². The Hall–Kier alpha value is -1.84. The number of nitrogens with one attached hydrogen (secondary N) is 1. The van der Waals surface area contributed by atoms with Gasteiger partial charge >= 0.3 is 0 Å². The first-order valence-electron chi connectivity index (χ1n) is 7.89.